The van der Waals surface area contributed by atoms with Crippen molar-refractivity contribution < 1.29 is 9.59 Å². The van der Waals surface area contributed by atoms with Gasteiger partial charge < -0.3 is 0 Å². The average molecular weight is 316 g/mol. The highest BCUT2D eigenvalue weighted by Crippen LogP contribution is 2.31. The average Bonchev–Trinajstić information content (AvgIpc) is 2.17. The van der Waals surface area contributed by atoms with E-state index in [2.05, 4.69) is 31.9 Å². The first-order chi connectivity index (χ1) is 6.61. The van der Waals surface area contributed by atoms with Gasteiger partial charge in [0.25, 0.3) is 0 Å². The molecule has 2 aliphatic rings. The molecule has 0 saturated carbocycles. The van der Waals surface area contributed by atoms with Gasteiger partial charge in [0.05, 0.1) is 8.96 Å². The third-order valence-electron chi connectivity index (χ3n) is 2.01. The van der Waals surface area contributed by atoms with E-state index in [-0.39, 0.29) is 11.6 Å². The third-order valence-corrected chi connectivity index (χ3v) is 3.25. The summed E-state index contributed by atoms with van der Waals surface area (Å²) in [6.07, 6.45) is 6.48. The number of hydrogen-bond acceptors (Lipinski definition) is 2. The van der Waals surface area contributed by atoms with Crippen LogP contribution >= 0.6 is 31.9 Å². The fraction of sp³-hybridized carbons (Fsp3) is 0. The monoisotopic (exact) mass is 314 g/mol. The minimum absolute atomic E-state index is 0.146. The number of carbonyl (C=O) groups excluding carboxylic acids is 2. The van der Waals surface area contributed by atoms with Crippen LogP contribution in [0.25, 0.3) is 0 Å². The Bertz CT molecular complexity index is 421. The Hall–Kier alpha value is -0.740. The number of fused-ring (bicyclic) bond motifs is 1. The van der Waals surface area contributed by atoms with E-state index < -0.39 is 0 Å². The third kappa shape index (κ3) is 1.38. The molecule has 14 heavy (non-hydrogen) atoms. The zero-order valence-electron chi connectivity index (χ0n) is 6.88. The van der Waals surface area contributed by atoms with Crippen molar-refractivity contribution in [2.45, 2.75) is 0 Å². The van der Waals surface area contributed by atoms with Crippen molar-refractivity contribution in [3.63, 3.8) is 0 Å². The normalized spacial score (nSPS) is 20.7. The molecule has 2 nitrogen and oxygen atoms in total. The summed E-state index contributed by atoms with van der Waals surface area (Å²) in [5.74, 6) is -0.292. The Morgan fingerprint density at radius 2 is 1.07 bits per heavy atom. The molecule has 2 rings (SSSR count). The standard InChI is InChI=1S/C10H4Br2O2/c11-7-3-1-5-6(10(7)14)2-4-8(12)9(5)13/h1-4H. The second-order valence-electron chi connectivity index (χ2n) is 2.85. The van der Waals surface area contributed by atoms with Crippen LogP contribution in [0, 0.1) is 0 Å². The predicted molar refractivity (Wildman–Crippen MR) is 60.2 cm³/mol. The van der Waals surface area contributed by atoms with Gasteiger partial charge in [-0.1, -0.05) is 0 Å². The molecule has 4 heteroatoms. The molecule has 0 bridgehead atoms. The van der Waals surface area contributed by atoms with Gasteiger partial charge in [-0.25, -0.2) is 0 Å². The molecule has 0 aliphatic heterocycles. The van der Waals surface area contributed by atoms with E-state index in [4.69, 9.17) is 0 Å². The highest BCUT2D eigenvalue weighted by molar-refractivity contribution is 9.12. The summed E-state index contributed by atoms with van der Waals surface area (Å²) < 4.78 is 0.957. The van der Waals surface area contributed by atoms with Crippen LogP contribution in [0.2, 0.25) is 0 Å². The van der Waals surface area contributed by atoms with Crippen molar-refractivity contribution in [2.24, 2.45) is 0 Å². The van der Waals surface area contributed by atoms with Gasteiger partial charge in [0.2, 0.25) is 11.6 Å². The molecule has 0 radical (unpaired) electrons. The van der Waals surface area contributed by atoms with E-state index in [1.165, 1.54) is 0 Å². The Morgan fingerprint density at radius 3 is 1.43 bits per heavy atom. The maximum Gasteiger partial charge on any atom is 0.200 e. The number of carbonyl (C=O) groups is 2. The maximum atomic E-state index is 11.6. The molecule has 0 saturated heterocycles. The van der Waals surface area contributed by atoms with Gasteiger partial charge in [-0.05, 0) is 56.2 Å². The van der Waals surface area contributed by atoms with Gasteiger partial charge in [0.15, 0.2) is 0 Å². The van der Waals surface area contributed by atoms with Crippen molar-refractivity contribution in [3.8, 4) is 0 Å². The first kappa shape index (κ1) is 9.80. The Labute approximate surface area is 97.3 Å². The molecule has 0 unspecified atom stereocenters. The van der Waals surface area contributed by atoms with Crippen LogP contribution in [0.5, 0.6) is 0 Å². The summed E-state index contributed by atoms with van der Waals surface area (Å²) >= 11 is 6.27. The summed E-state index contributed by atoms with van der Waals surface area (Å²) in [6, 6.07) is 0. The minimum atomic E-state index is -0.146. The zero-order chi connectivity index (χ0) is 10.3. The fourth-order valence-electron chi connectivity index (χ4n) is 1.30. The van der Waals surface area contributed by atoms with Crippen LogP contribution in [0.1, 0.15) is 0 Å². The smallest absolute Gasteiger partial charge is 0.200 e. The van der Waals surface area contributed by atoms with Crippen LogP contribution < -0.4 is 0 Å². The van der Waals surface area contributed by atoms with Crippen molar-refractivity contribution in [1.82, 2.24) is 0 Å². The number of allylic oxidation sites excluding steroid dienone is 8. The van der Waals surface area contributed by atoms with Gasteiger partial charge >= 0.3 is 0 Å². The molecule has 70 valence electrons. The lowest BCUT2D eigenvalue weighted by Crippen LogP contribution is -2.17. The summed E-state index contributed by atoms with van der Waals surface area (Å²) in [6.45, 7) is 0. The highest BCUT2D eigenvalue weighted by Gasteiger charge is 2.28. The lowest BCUT2D eigenvalue weighted by molar-refractivity contribution is -0.114. The summed E-state index contributed by atoms with van der Waals surface area (Å²) in [4.78, 5) is 23.2. The minimum Gasteiger partial charge on any atom is -0.288 e. The molecular formula is C10H4Br2O2. The number of rotatable bonds is 0. The summed E-state index contributed by atoms with van der Waals surface area (Å²) in [7, 11) is 0. The van der Waals surface area contributed by atoms with Crippen LogP contribution in [0.3, 0.4) is 0 Å². The van der Waals surface area contributed by atoms with Gasteiger partial charge in [-0.15, -0.1) is 0 Å². The number of Topliss-reactive ketones (excluding diaryl/α,β-unsaturated/α-hetero) is 2. The van der Waals surface area contributed by atoms with E-state index in [0.717, 1.165) is 0 Å². The van der Waals surface area contributed by atoms with Crippen molar-refractivity contribution in [2.75, 3.05) is 0 Å². The topological polar surface area (TPSA) is 34.1 Å². The van der Waals surface area contributed by atoms with Crippen LogP contribution in [0.15, 0.2) is 44.4 Å². The van der Waals surface area contributed by atoms with Crippen molar-refractivity contribution >= 4 is 43.4 Å². The molecule has 2 aliphatic carbocycles. The first-order valence-electron chi connectivity index (χ1n) is 3.86. The highest BCUT2D eigenvalue weighted by atomic mass is 79.9. The van der Waals surface area contributed by atoms with Crippen molar-refractivity contribution in [1.29, 1.82) is 0 Å². The molecule has 0 fully saturated rings. The summed E-state index contributed by atoms with van der Waals surface area (Å²) in [5.41, 5.74) is 0.903. The van der Waals surface area contributed by atoms with E-state index in [1.807, 2.05) is 0 Å². The molecule has 0 aromatic rings. The maximum absolute atomic E-state index is 11.6. The Kier molecular flexibility index (Phi) is 2.41. The number of ketones is 2. The molecule has 0 aromatic heterocycles. The first-order valence-corrected chi connectivity index (χ1v) is 5.44. The largest absolute Gasteiger partial charge is 0.288 e. The summed E-state index contributed by atoms with van der Waals surface area (Å²) in [5, 5.41) is 0. The van der Waals surface area contributed by atoms with Crippen LogP contribution in [-0.2, 0) is 9.59 Å². The molecular weight excluding hydrogens is 312 g/mol. The fourth-order valence-corrected chi connectivity index (χ4v) is 1.99. The molecule has 0 spiro atoms. The zero-order valence-corrected chi connectivity index (χ0v) is 10.1. The molecule has 0 amide bonds. The van der Waals surface area contributed by atoms with Gasteiger partial charge in [0.1, 0.15) is 0 Å². The predicted octanol–water partition coefficient (Wildman–Crippen LogP) is 2.56. The number of halogens is 2. The molecule has 0 heterocycles. The molecule has 0 atom stereocenters. The van der Waals surface area contributed by atoms with Crippen molar-refractivity contribution in [3.05, 3.63) is 44.4 Å². The van der Waals surface area contributed by atoms with Gasteiger partial charge in [-0.2, -0.15) is 0 Å². The SMILES string of the molecule is O=C1C(Br)=CC=C2C(=O)C(Br)=CC=C12. The van der Waals surface area contributed by atoms with Gasteiger partial charge in [-0.3, -0.25) is 9.59 Å². The van der Waals surface area contributed by atoms with E-state index in [9.17, 15) is 9.59 Å². The number of hydrogen-bond donors (Lipinski definition) is 0. The Morgan fingerprint density at radius 1 is 0.714 bits per heavy atom. The van der Waals surface area contributed by atoms with E-state index in [0.29, 0.717) is 20.1 Å². The second kappa shape index (κ2) is 3.44. The van der Waals surface area contributed by atoms with Crippen LogP contribution in [-0.4, -0.2) is 11.6 Å². The Balaban J connectivity index is 2.59. The van der Waals surface area contributed by atoms with Gasteiger partial charge in [0, 0.05) is 11.1 Å². The van der Waals surface area contributed by atoms with Crippen LogP contribution in [0.4, 0.5) is 0 Å². The lowest BCUT2D eigenvalue weighted by Gasteiger charge is -2.15. The second-order valence-corrected chi connectivity index (χ2v) is 4.56. The molecule has 0 N–H and O–H groups in total. The molecule has 0 aromatic carbocycles. The lowest BCUT2D eigenvalue weighted by atomic mass is 9.90. The quantitative estimate of drug-likeness (QED) is 0.688. The van der Waals surface area contributed by atoms with E-state index in [1.54, 1.807) is 24.3 Å². The van der Waals surface area contributed by atoms with E-state index >= 15 is 0 Å².